The highest BCUT2D eigenvalue weighted by Gasteiger charge is 2.45. The molecule has 490 valence electrons. The molecule has 0 radical (unpaired) electrons. The highest BCUT2D eigenvalue weighted by molar-refractivity contribution is 7.13. The van der Waals surface area contributed by atoms with Gasteiger partial charge in [-0.05, 0) is 68.5 Å². The van der Waals surface area contributed by atoms with Gasteiger partial charge in [-0.2, -0.15) is 13.2 Å². The Hall–Kier alpha value is -7.69. The summed E-state index contributed by atoms with van der Waals surface area (Å²) in [4.78, 5) is 108. The predicted molar refractivity (Wildman–Crippen MR) is 337 cm³/mol. The number of aliphatic hydroxyl groups is 1. The van der Waals surface area contributed by atoms with Crippen LogP contribution >= 0.6 is 11.3 Å². The molecule has 4 aliphatic heterocycles. The van der Waals surface area contributed by atoms with Gasteiger partial charge in [0.25, 0.3) is 5.91 Å². The van der Waals surface area contributed by atoms with Gasteiger partial charge in [0, 0.05) is 133 Å². The third-order valence-corrected chi connectivity index (χ3v) is 18.2. The zero-order valence-electron chi connectivity index (χ0n) is 52.4. The van der Waals surface area contributed by atoms with Gasteiger partial charge in [0.05, 0.1) is 77.5 Å². The van der Waals surface area contributed by atoms with Crippen molar-refractivity contribution in [2.45, 2.75) is 117 Å². The molecule has 0 bridgehead atoms. The first-order valence-electron chi connectivity index (χ1n) is 30.7. The van der Waals surface area contributed by atoms with Crippen LogP contribution in [0.5, 0.6) is 0 Å². The summed E-state index contributed by atoms with van der Waals surface area (Å²) in [5, 5.41) is 19.0. The second kappa shape index (κ2) is 29.7. The Kier molecular flexibility index (Phi) is 22.1. The number of thiazole rings is 1. The number of aliphatic hydroxyl groups excluding tert-OH is 1. The number of ether oxygens (including phenoxy) is 2. The Bertz CT molecular complexity index is 3470. The molecule has 9 rings (SSSR count). The Morgan fingerprint density at radius 2 is 1.54 bits per heavy atom. The number of β-amino-alcohol motifs (C(OH)–C–C–N with tert-alkyl or cyclic N) is 1. The SMILES string of the molecule is Cc1ncsc1-c1ccc(CNC(=O)[C@@H]2C[C@@H](O)CN2C(=O)C(NC(=O)CCOCCOCCC(=O)N2CCN(Cc3cnc(N4CC=C(c5cc(NC(=O)c6c[nH]c(=O)cc6C(F)(F)F)c(N6C[C@@H](C)N(C)[C@@H](C)C6)cc5F)CC4)nc3)CC2)C(C)(C)C)cc1. The third kappa shape index (κ3) is 17.3. The van der Waals surface area contributed by atoms with E-state index in [4.69, 9.17) is 9.47 Å². The number of carbonyl (C=O) groups is 5. The molecule has 91 heavy (non-hydrogen) atoms. The first-order valence-corrected chi connectivity index (χ1v) is 31.6. The largest absolute Gasteiger partial charge is 0.417 e. The van der Waals surface area contributed by atoms with Crippen molar-refractivity contribution in [3.63, 3.8) is 0 Å². The number of pyridine rings is 1. The Morgan fingerprint density at radius 3 is 2.16 bits per heavy atom. The highest BCUT2D eigenvalue weighted by atomic mass is 32.1. The van der Waals surface area contributed by atoms with E-state index >= 15 is 4.39 Å². The number of aromatic amines is 1. The number of likely N-dealkylation sites (N-methyl/N-ethyl adjacent to an activating group) is 1. The number of rotatable bonds is 22. The van der Waals surface area contributed by atoms with Crippen LogP contribution in [-0.4, -0.2) is 197 Å². The lowest BCUT2D eigenvalue weighted by Crippen LogP contribution is -2.57. The number of hydrogen-bond acceptors (Lipinski definition) is 17. The molecule has 2 aromatic carbocycles. The van der Waals surface area contributed by atoms with Gasteiger partial charge in [0.15, 0.2) is 0 Å². The van der Waals surface area contributed by atoms with Gasteiger partial charge in [0.2, 0.25) is 35.1 Å². The van der Waals surface area contributed by atoms with Gasteiger partial charge < -0.3 is 55.1 Å². The van der Waals surface area contributed by atoms with Crippen molar-refractivity contribution in [1.29, 1.82) is 0 Å². The number of aryl methyl sites for hydroxylation is 1. The van der Waals surface area contributed by atoms with Gasteiger partial charge in [-0.15, -0.1) is 11.3 Å². The number of nitrogens with zero attached hydrogens (tertiary/aromatic N) is 9. The van der Waals surface area contributed by atoms with E-state index in [1.807, 2.05) is 93.6 Å². The number of amides is 5. The molecule has 0 spiro atoms. The first-order chi connectivity index (χ1) is 43.3. The molecular formula is C64H81F4N13O9S. The summed E-state index contributed by atoms with van der Waals surface area (Å²) in [6.45, 7) is 16.9. The normalized spacial score (nSPS) is 19.7. The number of anilines is 3. The predicted octanol–water partition coefficient (Wildman–Crippen LogP) is 6.10. The van der Waals surface area contributed by atoms with Gasteiger partial charge in [-0.1, -0.05) is 51.1 Å². The number of likely N-dealkylation sites (tertiary alicyclic amines) is 1. The molecule has 5 amide bonds. The van der Waals surface area contributed by atoms with Crippen LogP contribution in [0, 0.1) is 18.2 Å². The lowest BCUT2D eigenvalue weighted by atomic mass is 9.85. The van der Waals surface area contributed by atoms with Crippen molar-refractivity contribution in [3.05, 3.63) is 122 Å². The Balaban J connectivity index is 0.672. The number of H-pyrrole nitrogens is 1. The second-order valence-corrected chi connectivity index (χ2v) is 25.7. The fourth-order valence-electron chi connectivity index (χ4n) is 11.8. The third-order valence-electron chi connectivity index (χ3n) is 17.2. The molecule has 1 unspecified atom stereocenters. The number of alkyl halides is 3. The first kappa shape index (κ1) is 67.7. The summed E-state index contributed by atoms with van der Waals surface area (Å²) in [6, 6.07) is 9.15. The van der Waals surface area contributed by atoms with Crippen LogP contribution in [0.25, 0.3) is 16.0 Å². The number of benzene rings is 2. The Morgan fingerprint density at radius 1 is 0.857 bits per heavy atom. The van der Waals surface area contributed by atoms with Crippen LogP contribution in [0.15, 0.2) is 77.4 Å². The molecule has 3 aromatic heterocycles. The van der Waals surface area contributed by atoms with Gasteiger partial charge in [0.1, 0.15) is 17.9 Å². The van der Waals surface area contributed by atoms with Crippen LogP contribution in [0.1, 0.15) is 98.6 Å². The number of aromatic nitrogens is 4. The lowest BCUT2D eigenvalue weighted by molar-refractivity contribution is -0.144. The molecule has 5 aromatic rings. The van der Waals surface area contributed by atoms with Crippen molar-refractivity contribution in [2.75, 3.05) is 107 Å². The van der Waals surface area contributed by atoms with Crippen LogP contribution in [-0.2, 0) is 47.9 Å². The average Bonchev–Trinajstić information content (AvgIpc) is 1.29. The minimum absolute atomic E-state index is 0.0290. The number of nitrogens with one attached hydrogen (secondary N) is 4. The molecule has 3 fully saturated rings. The maximum Gasteiger partial charge on any atom is 0.417 e. The van der Waals surface area contributed by atoms with E-state index < -0.39 is 75.9 Å². The smallest absolute Gasteiger partial charge is 0.391 e. The number of hydrogen-bond donors (Lipinski definition) is 5. The highest BCUT2D eigenvalue weighted by Crippen LogP contribution is 2.38. The standard InChI is InChI=1S/C64H81F4N13O9S/c1-39-34-80(35-40(2)76(39)7)52-29-50(65)47(27-51(52)74-59(86)48-33-69-55(84)28-49(48)64(66,67)68)44-12-16-79(17-13-44)62-71-31-43(32-72-62)36-77-18-20-78(21-19-77)56(85)15-23-90-25-24-89-22-14-54(83)75-58(63(4,5)6)61(88)81-37-46(82)26-53(81)60(87)70-30-42-8-10-45(11-9-42)57-41(3)73-38-91-57/h8-12,27-29,31-33,38-40,46,53,58,82H,13-26,30,34-37H2,1-7H3,(H,69,84)(H,70,87)(H,74,86)(H,75,83)/t39-,40+,46-,53+,58?/m1/s1. The second-order valence-electron chi connectivity index (χ2n) is 24.8. The number of halogens is 4. The van der Waals surface area contributed by atoms with Crippen molar-refractivity contribution >= 4 is 63.8 Å². The van der Waals surface area contributed by atoms with Crippen molar-refractivity contribution < 1.29 is 56.1 Å². The summed E-state index contributed by atoms with van der Waals surface area (Å²) in [7, 11) is 1.98. The van der Waals surface area contributed by atoms with Crippen molar-refractivity contribution in [2.24, 2.45) is 5.41 Å². The molecule has 5 N–H and O–H groups in total. The minimum Gasteiger partial charge on any atom is -0.391 e. The summed E-state index contributed by atoms with van der Waals surface area (Å²) >= 11 is 1.56. The van der Waals surface area contributed by atoms with Crippen LogP contribution in [0.2, 0.25) is 0 Å². The number of carbonyl (C=O) groups excluding carboxylic acids is 5. The van der Waals surface area contributed by atoms with E-state index in [0.29, 0.717) is 88.6 Å². The molecule has 0 saturated carbocycles. The van der Waals surface area contributed by atoms with Gasteiger partial charge >= 0.3 is 6.18 Å². The van der Waals surface area contributed by atoms with E-state index in [2.05, 4.69) is 45.7 Å². The zero-order chi connectivity index (χ0) is 65.3. The van der Waals surface area contributed by atoms with Gasteiger partial charge in [-0.25, -0.2) is 19.3 Å². The fraction of sp³-hybridized carbons (Fsp3) is 0.516. The van der Waals surface area contributed by atoms with Crippen molar-refractivity contribution in [3.8, 4) is 10.4 Å². The maximum atomic E-state index is 16.3. The molecule has 5 atom stereocenters. The zero-order valence-corrected chi connectivity index (χ0v) is 53.2. The molecule has 4 aliphatic rings. The monoisotopic (exact) mass is 1280 g/mol. The molecular weight excluding hydrogens is 1200 g/mol. The summed E-state index contributed by atoms with van der Waals surface area (Å²) in [5.74, 6) is -2.47. The van der Waals surface area contributed by atoms with E-state index in [1.54, 1.807) is 29.2 Å². The average molecular weight is 1280 g/mol. The van der Waals surface area contributed by atoms with E-state index in [0.717, 1.165) is 33.5 Å². The van der Waals surface area contributed by atoms with E-state index in [9.17, 15) is 47.0 Å². The minimum atomic E-state index is -4.98. The van der Waals surface area contributed by atoms with Crippen LogP contribution in [0.3, 0.4) is 0 Å². The summed E-state index contributed by atoms with van der Waals surface area (Å²) < 4.78 is 69.7. The topological polar surface area (TPSA) is 251 Å². The van der Waals surface area contributed by atoms with Gasteiger partial charge in [-0.3, -0.25) is 38.6 Å². The fourth-order valence-corrected chi connectivity index (χ4v) is 12.6. The molecule has 7 heterocycles. The molecule has 22 nitrogen and oxygen atoms in total. The maximum absolute atomic E-state index is 16.3. The molecule has 3 saturated heterocycles. The Labute approximate surface area is 530 Å². The summed E-state index contributed by atoms with van der Waals surface area (Å²) in [5.41, 5.74) is 2.93. The summed E-state index contributed by atoms with van der Waals surface area (Å²) in [6.07, 6.45) is 0.823. The quantitative estimate of drug-likeness (QED) is 0.0388. The van der Waals surface area contributed by atoms with Crippen LogP contribution < -0.4 is 31.3 Å². The van der Waals surface area contributed by atoms with Crippen LogP contribution in [0.4, 0.5) is 34.9 Å². The van der Waals surface area contributed by atoms with Crippen molar-refractivity contribution in [1.82, 2.24) is 50.2 Å². The molecule has 0 aliphatic carbocycles. The lowest BCUT2D eigenvalue weighted by Gasteiger charge is -2.44. The molecule has 27 heteroatoms. The van der Waals surface area contributed by atoms with E-state index in [1.165, 1.54) is 17.0 Å². The van der Waals surface area contributed by atoms with E-state index in [-0.39, 0.29) is 88.0 Å². The number of piperazine rings is 2.